The molecular weight excluding hydrogens is 392 g/mol. The second kappa shape index (κ2) is 9.28. The zero-order valence-electron chi connectivity index (χ0n) is 16.7. The number of hydrogen-bond acceptors (Lipinski definition) is 5. The first-order chi connectivity index (χ1) is 14.0. The van der Waals surface area contributed by atoms with Gasteiger partial charge in [-0.1, -0.05) is 18.9 Å². The van der Waals surface area contributed by atoms with Crippen molar-refractivity contribution in [3.8, 4) is 11.5 Å². The maximum absolute atomic E-state index is 13.2. The molecule has 8 heteroatoms. The summed E-state index contributed by atoms with van der Waals surface area (Å²) in [6.07, 6.45) is 3.70. The Labute approximate surface area is 171 Å². The monoisotopic (exact) mass is 418 g/mol. The predicted octanol–water partition coefficient (Wildman–Crippen LogP) is 3.52. The fraction of sp³-hybridized carbons (Fsp3) is 0.381. The zero-order chi connectivity index (χ0) is 20.9. The Hall–Kier alpha value is -2.58. The molecule has 156 valence electrons. The number of nitrogens with one attached hydrogen (secondary N) is 1. The summed E-state index contributed by atoms with van der Waals surface area (Å²) >= 11 is 0. The van der Waals surface area contributed by atoms with Crippen molar-refractivity contribution < 1.29 is 22.7 Å². The molecule has 29 heavy (non-hydrogen) atoms. The Morgan fingerprint density at radius 2 is 1.69 bits per heavy atom. The van der Waals surface area contributed by atoms with Crippen molar-refractivity contribution >= 4 is 21.6 Å². The Kier molecular flexibility index (Phi) is 6.76. The van der Waals surface area contributed by atoms with Crippen LogP contribution in [-0.4, -0.2) is 45.9 Å². The normalized spacial score (nSPS) is 15.4. The molecule has 2 aromatic rings. The summed E-state index contributed by atoms with van der Waals surface area (Å²) in [5.41, 5.74) is 0.795. The maximum Gasteiger partial charge on any atom is 0.255 e. The van der Waals surface area contributed by atoms with Crippen molar-refractivity contribution in [3.63, 3.8) is 0 Å². The van der Waals surface area contributed by atoms with Crippen LogP contribution in [0.15, 0.2) is 47.4 Å². The number of ether oxygens (including phenoxy) is 2. The van der Waals surface area contributed by atoms with Crippen LogP contribution in [-0.2, 0) is 10.0 Å². The van der Waals surface area contributed by atoms with Gasteiger partial charge in [0.05, 0.1) is 14.2 Å². The van der Waals surface area contributed by atoms with E-state index in [1.54, 1.807) is 37.4 Å². The Morgan fingerprint density at radius 1 is 0.966 bits per heavy atom. The summed E-state index contributed by atoms with van der Waals surface area (Å²) in [5, 5.41) is 2.77. The molecule has 1 fully saturated rings. The fourth-order valence-corrected chi connectivity index (χ4v) is 5.04. The van der Waals surface area contributed by atoms with E-state index in [1.807, 2.05) is 0 Å². The average Bonchev–Trinajstić information content (AvgIpc) is 3.03. The summed E-state index contributed by atoms with van der Waals surface area (Å²) < 4.78 is 38.4. The Bertz CT molecular complexity index is 967. The van der Waals surface area contributed by atoms with Gasteiger partial charge in [0.25, 0.3) is 5.91 Å². The first-order valence-corrected chi connectivity index (χ1v) is 11.0. The number of hydrogen-bond donors (Lipinski definition) is 1. The summed E-state index contributed by atoms with van der Waals surface area (Å²) in [6, 6.07) is 11.4. The molecule has 1 aliphatic heterocycles. The summed E-state index contributed by atoms with van der Waals surface area (Å²) in [6.45, 7) is 0.956. The van der Waals surface area contributed by atoms with E-state index >= 15 is 0 Å². The van der Waals surface area contributed by atoms with Crippen molar-refractivity contribution in [2.75, 3.05) is 32.6 Å². The van der Waals surface area contributed by atoms with Crippen LogP contribution >= 0.6 is 0 Å². The van der Waals surface area contributed by atoms with Gasteiger partial charge in [-0.3, -0.25) is 4.79 Å². The number of rotatable bonds is 6. The van der Waals surface area contributed by atoms with E-state index in [9.17, 15) is 13.2 Å². The van der Waals surface area contributed by atoms with Gasteiger partial charge in [-0.15, -0.1) is 0 Å². The lowest BCUT2D eigenvalue weighted by atomic mass is 10.2. The van der Waals surface area contributed by atoms with E-state index in [-0.39, 0.29) is 16.2 Å². The van der Waals surface area contributed by atoms with Gasteiger partial charge >= 0.3 is 0 Å². The summed E-state index contributed by atoms with van der Waals surface area (Å²) in [4.78, 5) is 12.7. The van der Waals surface area contributed by atoms with Crippen molar-refractivity contribution in [1.82, 2.24) is 4.31 Å². The molecule has 0 radical (unpaired) electrons. The van der Waals surface area contributed by atoms with E-state index in [2.05, 4.69) is 5.32 Å². The summed E-state index contributed by atoms with van der Waals surface area (Å²) in [5.74, 6) is 0.433. The average molecular weight is 419 g/mol. The molecule has 0 spiro atoms. The molecule has 0 bridgehead atoms. The molecule has 0 saturated carbocycles. The topological polar surface area (TPSA) is 84.9 Å². The van der Waals surface area contributed by atoms with Crippen LogP contribution in [0.4, 0.5) is 5.69 Å². The van der Waals surface area contributed by atoms with Crippen molar-refractivity contribution in [2.45, 2.75) is 30.6 Å². The number of nitrogens with zero attached hydrogens (tertiary/aromatic N) is 1. The van der Waals surface area contributed by atoms with E-state index in [4.69, 9.17) is 9.47 Å². The highest BCUT2D eigenvalue weighted by Gasteiger charge is 2.29. The van der Waals surface area contributed by atoms with Gasteiger partial charge in [0.1, 0.15) is 16.4 Å². The number of sulfonamides is 1. The molecule has 1 saturated heterocycles. The van der Waals surface area contributed by atoms with Gasteiger partial charge in [-0.2, -0.15) is 4.31 Å². The number of methoxy groups -OCH3 is 2. The zero-order valence-corrected chi connectivity index (χ0v) is 17.5. The molecule has 3 rings (SSSR count). The van der Waals surface area contributed by atoms with Gasteiger partial charge in [0.15, 0.2) is 0 Å². The minimum Gasteiger partial charge on any atom is -0.497 e. The molecule has 1 aliphatic rings. The molecule has 0 atom stereocenters. The van der Waals surface area contributed by atoms with Crippen molar-refractivity contribution in [3.05, 3.63) is 48.0 Å². The Morgan fingerprint density at radius 3 is 2.34 bits per heavy atom. The standard InChI is InChI=1S/C21H26N2O5S/c1-27-18-9-7-8-17(15-18)22-21(24)16-10-11-19(28-2)20(14-16)29(25,26)23-12-5-3-4-6-13-23/h7-11,14-15H,3-6,12-13H2,1-2H3,(H,22,24). The van der Waals surface area contributed by atoms with Crippen molar-refractivity contribution in [1.29, 1.82) is 0 Å². The maximum atomic E-state index is 13.2. The lowest BCUT2D eigenvalue weighted by molar-refractivity contribution is 0.102. The van der Waals surface area contributed by atoms with Crippen LogP contribution in [0.3, 0.4) is 0 Å². The molecule has 1 heterocycles. The first-order valence-electron chi connectivity index (χ1n) is 9.59. The van der Waals surface area contributed by atoms with Crippen LogP contribution in [0.2, 0.25) is 0 Å². The molecule has 2 aromatic carbocycles. The number of benzene rings is 2. The SMILES string of the molecule is COc1cccc(NC(=O)c2ccc(OC)c(S(=O)(=O)N3CCCCCC3)c2)c1. The molecule has 0 unspecified atom stereocenters. The fourth-order valence-electron chi connectivity index (χ4n) is 3.34. The number of anilines is 1. The van der Waals surface area contributed by atoms with Crippen molar-refractivity contribution in [2.24, 2.45) is 0 Å². The first kappa shape index (κ1) is 21.1. The number of carbonyl (C=O) groups excluding carboxylic acids is 1. The Balaban J connectivity index is 1.90. The van der Waals surface area contributed by atoms with E-state index in [0.29, 0.717) is 24.5 Å². The molecule has 1 N–H and O–H groups in total. The highest BCUT2D eigenvalue weighted by Crippen LogP contribution is 2.30. The van der Waals surface area contributed by atoms with Gasteiger partial charge in [0, 0.05) is 30.4 Å². The van der Waals surface area contributed by atoms with Crippen LogP contribution in [0.5, 0.6) is 11.5 Å². The number of carbonyl (C=O) groups is 1. The van der Waals surface area contributed by atoms with E-state index in [1.165, 1.54) is 23.5 Å². The molecule has 7 nitrogen and oxygen atoms in total. The molecular formula is C21H26N2O5S. The second-order valence-corrected chi connectivity index (χ2v) is 8.78. The second-order valence-electron chi connectivity index (χ2n) is 6.87. The van der Waals surface area contributed by atoms with Gasteiger partial charge < -0.3 is 14.8 Å². The van der Waals surface area contributed by atoms with E-state index in [0.717, 1.165) is 25.7 Å². The van der Waals surface area contributed by atoms with Gasteiger partial charge in [-0.25, -0.2) is 8.42 Å². The smallest absolute Gasteiger partial charge is 0.255 e. The molecule has 0 aliphatic carbocycles. The third-order valence-electron chi connectivity index (χ3n) is 4.94. The van der Waals surface area contributed by atoms with E-state index < -0.39 is 15.9 Å². The van der Waals surface area contributed by atoms with Crippen LogP contribution in [0.1, 0.15) is 36.0 Å². The van der Waals surface area contributed by atoms with Crippen LogP contribution < -0.4 is 14.8 Å². The summed E-state index contributed by atoms with van der Waals surface area (Å²) in [7, 11) is -0.790. The minimum atomic E-state index is -3.76. The van der Waals surface area contributed by atoms with Gasteiger partial charge in [-0.05, 0) is 43.2 Å². The lowest BCUT2D eigenvalue weighted by Crippen LogP contribution is -2.32. The molecule has 1 amide bonds. The minimum absolute atomic E-state index is 0.0141. The highest BCUT2D eigenvalue weighted by molar-refractivity contribution is 7.89. The third kappa shape index (κ3) is 4.89. The largest absolute Gasteiger partial charge is 0.497 e. The third-order valence-corrected chi connectivity index (χ3v) is 6.86. The highest BCUT2D eigenvalue weighted by atomic mass is 32.2. The quantitative estimate of drug-likeness (QED) is 0.776. The lowest BCUT2D eigenvalue weighted by Gasteiger charge is -2.21. The van der Waals surface area contributed by atoms with Crippen LogP contribution in [0, 0.1) is 0 Å². The molecule has 0 aromatic heterocycles. The number of amides is 1. The van der Waals surface area contributed by atoms with Gasteiger partial charge in [0.2, 0.25) is 10.0 Å². The van der Waals surface area contributed by atoms with Crippen LogP contribution in [0.25, 0.3) is 0 Å². The predicted molar refractivity (Wildman–Crippen MR) is 111 cm³/mol.